The molecule has 0 bridgehead atoms. The van der Waals surface area contributed by atoms with Gasteiger partial charge in [-0.25, -0.2) is 0 Å². The summed E-state index contributed by atoms with van der Waals surface area (Å²) in [6.07, 6.45) is 6.89. The first kappa shape index (κ1) is 30.2. The Morgan fingerprint density at radius 2 is 1.00 bits per heavy atom. The van der Waals surface area contributed by atoms with Crippen LogP contribution in [0.4, 0.5) is 0 Å². The molecule has 0 heterocycles. The van der Waals surface area contributed by atoms with Gasteiger partial charge in [0.25, 0.3) is 0 Å². The van der Waals surface area contributed by atoms with Gasteiger partial charge in [0.1, 0.15) is 11.2 Å². The van der Waals surface area contributed by atoms with Crippen LogP contribution >= 0.6 is 0 Å². The second kappa shape index (κ2) is 16.0. The zero-order valence-electron chi connectivity index (χ0n) is 21.4. The van der Waals surface area contributed by atoms with Crippen molar-refractivity contribution >= 4 is 19.3 Å². The smallest absolute Gasteiger partial charge is 0.402 e. The zero-order valence-corrected chi connectivity index (χ0v) is 21.4. The molecule has 182 valence electrons. The topological polar surface area (TPSA) is 71.1 Å². The first-order chi connectivity index (χ1) is 14.4. The highest BCUT2D eigenvalue weighted by atomic mass is 16.6. The first-order valence-corrected chi connectivity index (χ1v) is 12.0. The molecule has 0 amide bonds. The Hall–Kier alpha value is -0.755. The highest BCUT2D eigenvalue weighted by Crippen LogP contribution is 2.19. The van der Waals surface area contributed by atoms with E-state index in [0.29, 0.717) is 12.8 Å². The number of hydrogen-bond acceptors (Lipinski definition) is 6. The van der Waals surface area contributed by atoms with Gasteiger partial charge in [-0.1, -0.05) is 12.8 Å². The van der Waals surface area contributed by atoms with Crippen molar-refractivity contribution in [1.29, 1.82) is 0 Å². The minimum absolute atomic E-state index is 0.0497. The summed E-state index contributed by atoms with van der Waals surface area (Å²) in [5.41, 5.74) is -1.85. The predicted octanol–water partition coefficient (Wildman–Crippen LogP) is 4.95. The van der Waals surface area contributed by atoms with E-state index in [0.717, 1.165) is 51.7 Å². The Morgan fingerprint density at radius 3 is 1.32 bits per heavy atom. The summed E-state index contributed by atoms with van der Waals surface area (Å²) in [4.78, 5) is 25.0. The molecular formula is C24H47BO6. The van der Waals surface area contributed by atoms with Crippen LogP contribution in [0.25, 0.3) is 0 Å². The molecule has 0 N–H and O–H groups in total. The number of carbonyl (C=O) groups is 2. The number of Topliss-reactive ketones (excluding diaryl/α,β-unsaturated/α-hetero) is 2. The Labute approximate surface area is 191 Å². The SMILES string of the molecule is CC(C)OCCCCCC(=O)C(C)(C)OBOC(C)(C)C(=O)CCCCCOC(C)C. The van der Waals surface area contributed by atoms with Crippen LogP contribution in [0.15, 0.2) is 0 Å². The Morgan fingerprint density at radius 1 is 0.645 bits per heavy atom. The maximum Gasteiger partial charge on any atom is 0.439 e. The van der Waals surface area contributed by atoms with E-state index in [1.165, 1.54) is 0 Å². The Bertz CT molecular complexity index is 458. The minimum Gasteiger partial charge on any atom is -0.402 e. The molecule has 0 unspecified atom stereocenters. The quantitative estimate of drug-likeness (QED) is 0.196. The Kier molecular flexibility index (Phi) is 15.6. The van der Waals surface area contributed by atoms with E-state index < -0.39 is 11.2 Å². The summed E-state index contributed by atoms with van der Waals surface area (Å²) in [5.74, 6) is 0.0993. The highest BCUT2D eigenvalue weighted by molar-refractivity contribution is 6.20. The summed E-state index contributed by atoms with van der Waals surface area (Å²) in [6, 6.07) is 0. The second-order valence-electron chi connectivity index (χ2n) is 9.73. The second-order valence-corrected chi connectivity index (χ2v) is 9.73. The van der Waals surface area contributed by atoms with Gasteiger partial charge in [-0.15, -0.1) is 0 Å². The molecule has 0 aliphatic carbocycles. The van der Waals surface area contributed by atoms with Gasteiger partial charge < -0.3 is 18.8 Å². The van der Waals surface area contributed by atoms with Crippen LogP contribution < -0.4 is 0 Å². The number of rotatable bonds is 20. The van der Waals surface area contributed by atoms with Gasteiger partial charge in [-0.3, -0.25) is 9.59 Å². The van der Waals surface area contributed by atoms with E-state index in [1.807, 2.05) is 27.7 Å². The minimum atomic E-state index is -0.927. The molecule has 0 aromatic rings. The fourth-order valence-corrected chi connectivity index (χ4v) is 2.85. The lowest BCUT2D eigenvalue weighted by Gasteiger charge is -2.28. The lowest BCUT2D eigenvalue weighted by Crippen LogP contribution is -2.41. The van der Waals surface area contributed by atoms with Crippen molar-refractivity contribution in [3.05, 3.63) is 0 Å². The van der Waals surface area contributed by atoms with Crippen LogP contribution in [0, 0.1) is 0 Å². The van der Waals surface area contributed by atoms with E-state index >= 15 is 0 Å². The lowest BCUT2D eigenvalue weighted by molar-refractivity contribution is -0.136. The van der Waals surface area contributed by atoms with Crippen LogP contribution in [0.2, 0.25) is 0 Å². The number of carbonyl (C=O) groups excluding carboxylic acids is 2. The molecule has 31 heavy (non-hydrogen) atoms. The highest BCUT2D eigenvalue weighted by Gasteiger charge is 2.32. The van der Waals surface area contributed by atoms with Crippen LogP contribution in [0.1, 0.15) is 107 Å². The molecule has 0 aromatic carbocycles. The summed E-state index contributed by atoms with van der Waals surface area (Å²) in [7, 11) is -0.0814. The summed E-state index contributed by atoms with van der Waals surface area (Å²) < 4.78 is 22.4. The maximum atomic E-state index is 12.5. The van der Waals surface area contributed by atoms with Gasteiger partial charge in [0.05, 0.1) is 12.2 Å². The normalized spacial score (nSPS) is 12.6. The molecule has 6 nitrogen and oxygen atoms in total. The molecule has 0 rings (SSSR count). The molecule has 0 fully saturated rings. The number of ether oxygens (including phenoxy) is 2. The largest absolute Gasteiger partial charge is 0.439 e. The average molecular weight is 442 g/mol. The summed E-state index contributed by atoms with van der Waals surface area (Å²) in [5, 5.41) is 0. The Balaban J connectivity index is 4.08. The molecule has 0 atom stereocenters. The van der Waals surface area contributed by atoms with E-state index in [-0.39, 0.29) is 31.5 Å². The zero-order chi connectivity index (χ0) is 23.9. The standard InChI is InChI=1S/C24H47BO6/c1-19(2)28-17-13-9-11-15-21(26)23(5,6)30-25-31-24(7,8)22(27)16-12-10-14-18-29-20(3)4/h19-20,25H,9-18H2,1-8H3. The molecule has 0 radical (unpaired) electrons. The van der Waals surface area contributed by atoms with Crippen molar-refractivity contribution in [1.82, 2.24) is 0 Å². The van der Waals surface area contributed by atoms with Crippen molar-refractivity contribution in [2.75, 3.05) is 13.2 Å². The molecular weight excluding hydrogens is 395 g/mol. The number of hydrogen-bond donors (Lipinski definition) is 0. The average Bonchev–Trinajstić information content (AvgIpc) is 2.65. The molecule has 0 saturated carbocycles. The van der Waals surface area contributed by atoms with Gasteiger partial charge in [-0.2, -0.15) is 0 Å². The third-order valence-corrected chi connectivity index (χ3v) is 5.18. The van der Waals surface area contributed by atoms with E-state index in [9.17, 15) is 9.59 Å². The van der Waals surface area contributed by atoms with Crippen LogP contribution in [-0.2, 0) is 28.4 Å². The van der Waals surface area contributed by atoms with Gasteiger partial charge in [0.15, 0.2) is 11.6 Å². The molecule has 0 saturated heterocycles. The van der Waals surface area contributed by atoms with Crippen molar-refractivity contribution < 1.29 is 28.4 Å². The lowest BCUT2D eigenvalue weighted by atomic mass is 9.95. The summed E-state index contributed by atoms with van der Waals surface area (Å²) in [6.45, 7) is 16.6. The van der Waals surface area contributed by atoms with Gasteiger partial charge in [0, 0.05) is 26.1 Å². The van der Waals surface area contributed by atoms with E-state index in [2.05, 4.69) is 0 Å². The van der Waals surface area contributed by atoms with Gasteiger partial charge in [0.2, 0.25) is 0 Å². The van der Waals surface area contributed by atoms with Gasteiger partial charge >= 0.3 is 7.69 Å². The molecule has 7 heteroatoms. The van der Waals surface area contributed by atoms with Crippen LogP contribution in [0.3, 0.4) is 0 Å². The fraction of sp³-hybridized carbons (Fsp3) is 0.917. The molecule has 0 spiro atoms. The maximum absolute atomic E-state index is 12.5. The van der Waals surface area contributed by atoms with Crippen molar-refractivity contribution in [2.45, 2.75) is 130 Å². The fourth-order valence-electron chi connectivity index (χ4n) is 2.85. The van der Waals surface area contributed by atoms with Crippen molar-refractivity contribution in [3.8, 4) is 0 Å². The molecule has 0 aliphatic rings. The number of ketones is 2. The third-order valence-electron chi connectivity index (χ3n) is 5.18. The third kappa shape index (κ3) is 15.6. The predicted molar refractivity (Wildman–Crippen MR) is 127 cm³/mol. The number of unbranched alkanes of at least 4 members (excludes halogenated alkanes) is 4. The van der Waals surface area contributed by atoms with E-state index in [4.69, 9.17) is 18.8 Å². The molecule has 0 aromatic heterocycles. The molecule has 0 aliphatic heterocycles. The van der Waals surface area contributed by atoms with Crippen LogP contribution in [-0.4, -0.2) is 55.9 Å². The summed E-state index contributed by atoms with van der Waals surface area (Å²) >= 11 is 0. The first-order valence-electron chi connectivity index (χ1n) is 12.0. The van der Waals surface area contributed by atoms with Crippen LogP contribution in [0.5, 0.6) is 0 Å². The van der Waals surface area contributed by atoms with E-state index in [1.54, 1.807) is 27.7 Å². The monoisotopic (exact) mass is 442 g/mol. The van der Waals surface area contributed by atoms with Crippen molar-refractivity contribution in [3.63, 3.8) is 0 Å². The van der Waals surface area contributed by atoms with Gasteiger partial charge in [-0.05, 0) is 81.1 Å². The van der Waals surface area contributed by atoms with Crippen molar-refractivity contribution in [2.24, 2.45) is 0 Å².